The molecule has 0 aliphatic rings. The SMILES string of the molecule is N#CCc1cccc2c(CBr)cccc12. The van der Waals surface area contributed by atoms with Crippen molar-refractivity contribution in [3.63, 3.8) is 0 Å². The highest BCUT2D eigenvalue weighted by molar-refractivity contribution is 9.08. The van der Waals surface area contributed by atoms with Crippen LogP contribution in [0.1, 0.15) is 11.1 Å². The highest BCUT2D eigenvalue weighted by Gasteiger charge is 2.03. The minimum absolute atomic E-state index is 0.475. The molecule has 0 unspecified atom stereocenters. The maximum absolute atomic E-state index is 8.75. The maximum Gasteiger partial charge on any atom is 0.0669 e. The zero-order chi connectivity index (χ0) is 10.7. The largest absolute Gasteiger partial charge is 0.198 e. The number of halogens is 1. The zero-order valence-electron chi connectivity index (χ0n) is 8.20. The molecular formula is C13H10BrN. The molecule has 0 N–H and O–H groups in total. The van der Waals surface area contributed by atoms with Crippen LogP contribution < -0.4 is 0 Å². The van der Waals surface area contributed by atoms with Gasteiger partial charge in [0, 0.05) is 5.33 Å². The minimum atomic E-state index is 0.475. The van der Waals surface area contributed by atoms with Gasteiger partial charge >= 0.3 is 0 Å². The normalized spacial score (nSPS) is 10.1. The first kappa shape index (κ1) is 10.2. The topological polar surface area (TPSA) is 23.8 Å². The third-order valence-corrected chi connectivity index (χ3v) is 3.12. The molecule has 0 amide bonds. The van der Waals surface area contributed by atoms with E-state index in [2.05, 4.69) is 40.2 Å². The van der Waals surface area contributed by atoms with Gasteiger partial charge in [0.2, 0.25) is 0 Å². The van der Waals surface area contributed by atoms with E-state index in [9.17, 15) is 0 Å². The molecular weight excluding hydrogens is 250 g/mol. The van der Waals surface area contributed by atoms with Crippen molar-refractivity contribution in [1.82, 2.24) is 0 Å². The average Bonchev–Trinajstić information content (AvgIpc) is 2.29. The Labute approximate surface area is 97.5 Å². The summed E-state index contributed by atoms with van der Waals surface area (Å²) in [7, 11) is 0. The lowest BCUT2D eigenvalue weighted by molar-refractivity contribution is 1.28. The summed E-state index contributed by atoms with van der Waals surface area (Å²) in [6, 6.07) is 14.6. The second kappa shape index (κ2) is 4.46. The van der Waals surface area contributed by atoms with Gasteiger partial charge in [-0.2, -0.15) is 5.26 Å². The van der Waals surface area contributed by atoms with Crippen molar-refractivity contribution in [2.75, 3.05) is 0 Å². The number of nitriles is 1. The van der Waals surface area contributed by atoms with Gasteiger partial charge in [-0.3, -0.25) is 0 Å². The van der Waals surface area contributed by atoms with Crippen molar-refractivity contribution < 1.29 is 0 Å². The van der Waals surface area contributed by atoms with Crippen LogP contribution in [-0.2, 0) is 11.8 Å². The van der Waals surface area contributed by atoms with Crippen molar-refractivity contribution in [2.45, 2.75) is 11.8 Å². The summed E-state index contributed by atoms with van der Waals surface area (Å²) in [4.78, 5) is 0. The van der Waals surface area contributed by atoms with Gasteiger partial charge in [0.1, 0.15) is 0 Å². The summed E-state index contributed by atoms with van der Waals surface area (Å²) in [5.41, 5.74) is 2.38. The fourth-order valence-electron chi connectivity index (χ4n) is 1.80. The first-order valence-corrected chi connectivity index (χ1v) is 5.91. The molecule has 0 atom stereocenters. The number of hydrogen-bond acceptors (Lipinski definition) is 1. The van der Waals surface area contributed by atoms with Crippen molar-refractivity contribution in [2.24, 2.45) is 0 Å². The number of alkyl halides is 1. The van der Waals surface area contributed by atoms with E-state index in [-0.39, 0.29) is 0 Å². The predicted octanol–water partition coefficient (Wildman–Crippen LogP) is 3.80. The molecule has 0 saturated heterocycles. The Kier molecular flexibility index (Phi) is 3.03. The van der Waals surface area contributed by atoms with E-state index >= 15 is 0 Å². The minimum Gasteiger partial charge on any atom is -0.198 e. The molecule has 0 aliphatic heterocycles. The highest BCUT2D eigenvalue weighted by atomic mass is 79.9. The number of hydrogen-bond donors (Lipinski definition) is 0. The number of benzene rings is 2. The van der Waals surface area contributed by atoms with Gasteiger partial charge in [0.15, 0.2) is 0 Å². The molecule has 0 heterocycles. The number of rotatable bonds is 2. The van der Waals surface area contributed by atoms with E-state index in [1.54, 1.807) is 0 Å². The molecule has 2 rings (SSSR count). The van der Waals surface area contributed by atoms with Gasteiger partial charge in [0.05, 0.1) is 12.5 Å². The van der Waals surface area contributed by atoms with Gasteiger partial charge in [-0.15, -0.1) is 0 Å². The molecule has 0 saturated carbocycles. The number of fused-ring (bicyclic) bond motifs is 1. The smallest absolute Gasteiger partial charge is 0.0669 e. The zero-order valence-corrected chi connectivity index (χ0v) is 9.79. The lowest BCUT2D eigenvalue weighted by atomic mass is 9.99. The van der Waals surface area contributed by atoms with Crippen LogP contribution >= 0.6 is 15.9 Å². The molecule has 15 heavy (non-hydrogen) atoms. The molecule has 2 aromatic rings. The average molecular weight is 260 g/mol. The Morgan fingerprint density at radius 3 is 2.20 bits per heavy atom. The summed E-state index contributed by atoms with van der Waals surface area (Å²) < 4.78 is 0. The Bertz CT molecular complexity index is 526. The highest BCUT2D eigenvalue weighted by Crippen LogP contribution is 2.24. The predicted molar refractivity (Wildman–Crippen MR) is 65.9 cm³/mol. The molecule has 1 nitrogen and oxygen atoms in total. The van der Waals surface area contributed by atoms with Gasteiger partial charge in [-0.25, -0.2) is 0 Å². The summed E-state index contributed by atoms with van der Waals surface area (Å²) >= 11 is 3.48. The monoisotopic (exact) mass is 259 g/mol. The molecule has 0 spiro atoms. The van der Waals surface area contributed by atoms with E-state index in [0.29, 0.717) is 6.42 Å². The molecule has 0 radical (unpaired) electrons. The first-order chi connectivity index (χ1) is 7.36. The molecule has 74 valence electrons. The Hall–Kier alpha value is -1.33. The van der Waals surface area contributed by atoms with Crippen molar-refractivity contribution in [3.05, 3.63) is 47.5 Å². The molecule has 2 heteroatoms. The van der Waals surface area contributed by atoms with Crippen molar-refractivity contribution >= 4 is 26.7 Å². The van der Waals surface area contributed by atoms with Crippen molar-refractivity contribution in [3.8, 4) is 6.07 Å². The second-order valence-electron chi connectivity index (χ2n) is 3.40. The lowest BCUT2D eigenvalue weighted by Gasteiger charge is -2.06. The van der Waals surface area contributed by atoms with Crippen LogP contribution in [0.2, 0.25) is 0 Å². The van der Waals surface area contributed by atoms with Gasteiger partial charge in [-0.1, -0.05) is 52.3 Å². The van der Waals surface area contributed by atoms with Crippen LogP contribution in [0.5, 0.6) is 0 Å². The van der Waals surface area contributed by atoms with E-state index in [4.69, 9.17) is 5.26 Å². The van der Waals surface area contributed by atoms with Crippen molar-refractivity contribution in [1.29, 1.82) is 5.26 Å². The fraction of sp³-hybridized carbons (Fsp3) is 0.154. The number of nitrogens with zero attached hydrogens (tertiary/aromatic N) is 1. The maximum atomic E-state index is 8.75. The summed E-state index contributed by atoms with van der Waals surface area (Å²) in [6.07, 6.45) is 0.475. The Balaban J connectivity index is 2.72. The summed E-state index contributed by atoms with van der Waals surface area (Å²) in [5, 5.41) is 12.0. The Morgan fingerprint density at radius 2 is 1.60 bits per heavy atom. The van der Waals surface area contributed by atoms with Gasteiger partial charge in [-0.05, 0) is 21.9 Å². The molecule has 0 fully saturated rings. The second-order valence-corrected chi connectivity index (χ2v) is 3.96. The van der Waals surface area contributed by atoms with E-state index in [1.165, 1.54) is 16.3 Å². The van der Waals surface area contributed by atoms with Crippen LogP contribution in [0, 0.1) is 11.3 Å². The standard InChI is InChI=1S/C13H10BrN/c14-9-11-4-2-5-12-10(7-8-15)3-1-6-13(11)12/h1-6H,7,9H2. The molecule has 0 bridgehead atoms. The van der Waals surface area contributed by atoms with Crippen LogP contribution in [0.4, 0.5) is 0 Å². The van der Waals surface area contributed by atoms with E-state index < -0.39 is 0 Å². The molecule has 2 aromatic carbocycles. The van der Waals surface area contributed by atoms with Crippen LogP contribution in [0.25, 0.3) is 10.8 Å². The summed E-state index contributed by atoms with van der Waals surface area (Å²) in [6.45, 7) is 0. The lowest BCUT2D eigenvalue weighted by Crippen LogP contribution is -1.87. The molecule has 0 aromatic heterocycles. The van der Waals surface area contributed by atoms with E-state index in [1.807, 2.05) is 18.2 Å². The van der Waals surface area contributed by atoms with Gasteiger partial charge in [0.25, 0.3) is 0 Å². The fourth-order valence-corrected chi connectivity index (χ4v) is 2.28. The third kappa shape index (κ3) is 1.88. The third-order valence-electron chi connectivity index (χ3n) is 2.52. The quantitative estimate of drug-likeness (QED) is 0.753. The van der Waals surface area contributed by atoms with Crippen LogP contribution in [-0.4, -0.2) is 0 Å². The van der Waals surface area contributed by atoms with E-state index in [0.717, 1.165) is 10.9 Å². The summed E-state index contributed by atoms with van der Waals surface area (Å²) in [5.74, 6) is 0. The Morgan fingerprint density at radius 1 is 1.00 bits per heavy atom. The van der Waals surface area contributed by atoms with Gasteiger partial charge < -0.3 is 0 Å². The van der Waals surface area contributed by atoms with Crippen LogP contribution in [0.3, 0.4) is 0 Å². The first-order valence-electron chi connectivity index (χ1n) is 4.79. The van der Waals surface area contributed by atoms with Crippen LogP contribution in [0.15, 0.2) is 36.4 Å². The molecule has 0 aliphatic carbocycles.